The van der Waals surface area contributed by atoms with Crippen LogP contribution in [-0.4, -0.2) is 24.5 Å². The van der Waals surface area contributed by atoms with Crippen LogP contribution in [0.25, 0.3) is 0 Å². The average molecular weight is 198 g/mol. The standard InChI is InChI=1S/C10H18O2Si/c1-6-4-10(13)5-7(6)8(11-2)9(10)12-3/h6-7H,4-5H2,1-3,13H3. The lowest BCUT2D eigenvalue weighted by atomic mass is 9.93. The van der Waals surface area contributed by atoms with Gasteiger partial charge in [-0.1, -0.05) is 6.92 Å². The largest absolute Gasteiger partial charge is 0.497 e. The van der Waals surface area contributed by atoms with Crippen LogP contribution < -0.4 is 0 Å². The third-order valence-electron chi connectivity index (χ3n) is 3.66. The van der Waals surface area contributed by atoms with Crippen LogP contribution in [0.2, 0.25) is 5.04 Å². The second kappa shape index (κ2) is 2.77. The topological polar surface area (TPSA) is 18.5 Å². The minimum atomic E-state index is 0.393. The van der Waals surface area contributed by atoms with Crippen molar-refractivity contribution in [3.8, 4) is 0 Å². The minimum absolute atomic E-state index is 0.393. The summed E-state index contributed by atoms with van der Waals surface area (Å²) in [5.41, 5.74) is 0. The Morgan fingerprint density at radius 1 is 1.31 bits per heavy atom. The van der Waals surface area contributed by atoms with Crippen molar-refractivity contribution in [1.82, 2.24) is 0 Å². The quantitative estimate of drug-likeness (QED) is 0.618. The molecule has 0 spiro atoms. The van der Waals surface area contributed by atoms with E-state index in [1.165, 1.54) is 23.1 Å². The van der Waals surface area contributed by atoms with E-state index in [0.717, 1.165) is 17.4 Å². The summed E-state index contributed by atoms with van der Waals surface area (Å²) >= 11 is 0. The fraction of sp³-hybridized carbons (Fsp3) is 0.800. The van der Waals surface area contributed by atoms with E-state index in [1.54, 1.807) is 14.2 Å². The number of fused-ring (bicyclic) bond motifs is 2. The minimum Gasteiger partial charge on any atom is -0.497 e. The Bertz CT molecular complexity index is 262. The van der Waals surface area contributed by atoms with E-state index >= 15 is 0 Å². The van der Waals surface area contributed by atoms with Crippen molar-refractivity contribution >= 4 is 10.2 Å². The zero-order valence-corrected chi connectivity index (χ0v) is 10.9. The fourth-order valence-electron chi connectivity index (χ4n) is 3.22. The molecule has 2 aliphatic rings. The van der Waals surface area contributed by atoms with Gasteiger partial charge in [-0.05, 0) is 18.8 Å². The number of ether oxygens (including phenoxy) is 2. The molecule has 2 bridgehead atoms. The molecule has 3 heteroatoms. The molecule has 0 N–H and O–H groups in total. The first-order valence-electron chi connectivity index (χ1n) is 4.95. The lowest BCUT2D eigenvalue weighted by Gasteiger charge is -2.28. The normalized spacial score (nSPS) is 43.0. The first-order valence-corrected chi connectivity index (χ1v) is 5.95. The van der Waals surface area contributed by atoms with Crippen LogP contribution in [0.4, 0.5) is 0 Å². The molecule has 0 aromatic heterocycles. The molecule has 74 valence electrons. The summed E-state index contributed by atoms with van der Waals surface area (Å²) < 4.78 is 11.0. The molecule has 1 saturated carbocycles. The van der Waals surface area contributed by atoms with Crippen molar-refractivity contribution in [2.75, 3.05) is 14.2 Å². The van der Waals surface area contributed by atoms with Crippen LogP contribution in [0.3, 0.4) is 0 Å². The van der Waals surface area contributed by atoms with E-state index in [4.69, 9.17) is 9.47 Å². The maximum atomic E-state index is 5.49. The maximum absolute atomic E-state index is 5.49. The Morgan fingerprint density at radius 3 is 2.54 bits per heavy atom. The summed E-state index contributed by atoms with van der Waals surface area (Å²) in [7, 11) is 4.73. The summed E-state index contributed by atoms with van der Waals surface area (Å²) in [4.78, 5) is 0. The summed E-state index contributed by atoms with van der Waals surface area (Å²) in [6.45, 7) is 2.33. The number of hydrogen-bond acceptors (Lipinski definition) is 2. The van der Waals surface area contributed by atoms with Gasteiger partial charge in [0.1, 0.15) is 11.5 Å². The first kappa shape index (κ1) is 9.13. The van der Waals surface area contributed by atoms with Crippen LogP contribution in [0.15, 0.2) is 11.5 Å². The SMILES string of the molecule is COC1=C(OC)C2([SiH3])CC(C)C1C2. The molecule has 0 amide bonds. The molecule has 3 atom stereocenters. The molecular formula is C10H18O2Si. The molecule has 0 saturated heterocycles. The Morgan fingerprint density at radius 2 is 2.00 bits per heavy atom. The van der Waals surface area contributed by atoms with Gasteiger partial charge in [0.05, 0.1) is 14.2 Å². The van der Waals surface area contributed by atoms with E-state index in [9.17, 15) is 0 Å². The Labute approximate surface area is 82.7 Å². The predicted molar refractivity (Wildman–Crippen MR) is 55.6 cm³/mol. The predicted octanol–water partition coefficient (Wildman–Crippen LogP) is 1.07. The van der Waals surface area contributed by atoms with Crippen LogP contribution in [0, 0.1) is 11.8 Å². The molecule has 2 rings (SSSR count). The third kappa shape index (κ3) is 1.06. The second-order valence-electron chi connectivity index (χ2n) is 4.65. The third-order valence-corrected chi connectivity index (χ3v) is 4.93. The molecule has 13 heavy (non-hydrogen) atoms. The van der Waals surface area contributed by atoms with Crippen molar-refractivity contribution < 1.29 is 9.47 Å². The van der Waals surface area contributed by atoms with Crippen molar-refractivity contribution in [2.45, 2.75) is 24.8 Å². The zero-order chi connectivity index (χ0) is 9.64. The van der Waals surface area contributed by atoms with Gasteiger partial charge in [0.15, 0.2) is 0 Å². The second-order valence-corrected chi connectivity index (χ2v) is 6.57. The highest BCUT2D eigenvalue weighted by atomic mass is 28.1. The monoisotopic (exact) mass is 198 g/mol. The number of rotatable bonds is 2. The van der Waals surface area contributed by atoms with Crippen LogP contribution in [-0.2, 0) is 9.47 Å². The molecule has 0 heterocycles. The van der Waals surface area contributed by atoms with Crippen molar-refractivity contribution in [3.05, 3.63) is 11.5 Å². The lowest BCUT2D eigenvalue weighted by Crippen LogP contribution is -2.18. The molecule has 2 nitrogen and oxygen atoms in total. The van der Waals surface area contributed by atoms with Crippen LogP contribution >= 0.6 is 0 Å². The van der Waals surface area contributed by atoms with Crippen molar-refractivity contribution in [3.63, 3.8) is 0 Å². The maximum Gasteiger partial charge on any atom is 0.137 e. The highest BCUT2D eigenvalue weighted by molar-refractivity contribution is 6.18. The van der Waals surface area contributed by atoms with Crippen LogP contribution in [0.1, 0.15) is 19.8 Å². The summed E-state index contributed by atoms with van der Waals surface area (Å²) in [6.07, 6.45) is 2.58. The molecule has 0 aliphatic heterocycles. The molecule has 0 radical (unpaired) electrons. The van der Waals surface area contributed by atoms with Gasteiger partial charge in [0, 0.05) is 21.2 Å². The van der Waals surface area contributed by atoms with Gasteiger partial charge in [-0.25, -0.2) is 0 Å². The van der Waals surface area contributed by atoms with E-state index in [0.29, 0.717) is 11.0 Å². The molecular weight excluding hydrogens is 180 g/mol. The Balaban J connectivity index is 2.40. The van der Waals surface area contributed by atoms with Gasteiger partial charge >= 0.3 is 0 Å². The van der Waals surface area contributed by atoms with Crippen molar-refractivity contribution in [1.29, 1.82) is 0 Å². The van der Waals surface area contributed by atoms with Crippen LogP contribution in [0.5, 0.6) is 0 Å². The number of allylic oxidation sites excluding steroid dienone is 2. The summed E-state index contributed by atoms with van der Waals surface area (Å²) in [5, 5.41) is 0.393. The highest BCUT2D eigenvalue weighted by Crippen LogP contribution is 2.62. The number of hydrogen-bond donors (Lipinski definition) is 0. The van der Waals surface area contributed by atoms with E-state index < -0.39 is 0 Å². The van der Waals surface area contributed by atoms with Gasteiger partial charge in [-0.3, -0.25) is 0 Å². The van der Waals surface area contributed by atoms with E-state index in [2.05, 4.69) is 6.92 Å². The molecule has 0 aromatic rings. The molecule has 1 fully saturated rings. The van der Waals surface area contributed by atoms with Gasteiger partial charge in [-0.2, -0.15) is 0 Å². The van der Waals surface area contributed by atoms with Crippen molar-refractivity contribution in [2.24, 2.45) is 11.8 Å². The Hall–Kier alpha value is -0.443. The molecule has 3 unspecified atom stereocenters. The van der Waals surface area contributed by atoms with Gasteiger partial charge < -0.3 is 9.47 Å². The molecule has 0 aromatic carbocycles. The van der Waals surface area contributed by atoms with E-state index in [1.807, 2.05) is 0 Å². The smallest absolute Gasteiger partial charge is 0.137 e. The first-order chi connectivity index (χ1) is 6.12. The fourth-order valence-corrected chi connectivity index (χ4v) is 4.75. The van der Waals surface area contributed by atoms with Gasteiger partial charge in [0.25, 0.3) is 0 Å². The summed E-state index contributed by atoms with van der Waals surface area (Å²) in [5.74, 6) is 3.71. The summed E-state index contributed by atoms with van der Waals surface area (Å²) in [6, 6.07) is 0. The van der Waals surface area contributed by atoms with Gasteiger partial charge in [0.2, 0.25) is 0 Å². The number of methoxy groups -OCH3 is 2. The average Bonchev–Trinajstić information content (AvgIpc) is 2.52. The zero-order valence-electron chi connectivity index (χ0n) is 8.89. The van der Waals surface area contributed by atoms with Gasteiger partial charge in [-0.15, -0.1) is 0 Å². The highest BCUT2D eigenvalue weighted by Gasteiger charge is 2.53. The lowest BCUT2D eigenvalue weighted by molar-refractivity contribution is 0.170. The Kier molecular flexibility index (Phi) is 1.95. The van der Waals surface area contributed by atoms with E-state index in [-0.39, 0.29) is 0 Å². The molecule has 2 aliphatic carbocycles.